The van der Waals surface area contributed by atoms with Crippen molar-refractivity contribution in [3.8, 4) is 0 Å². The minimum atomic E-state index is -0.877. The van der Waals surface area contributed by atoms with E-state index in [4.69, 9.17) is 5.11 Å². The van der Waals surface area contributed by atoms with Gasteiger partial charge in [0.25, 0.3) is 0 Å². The zero-order valence-electron chi connectivity index (χ0n) is 8.04. The topological polar surface area (TPSA) is 66.3 Å². The van der Waals surface area contributed by atoms with Crippen molar-refractivity contribution in [1.82, 2.24) is 9.97 Å². The summed E-state index contributed by atoms with van der Waals surface area (Å²) < 4.78 is 1.00. The van der Waals surface area contributed by atoms with E-state index in [1.54, 1.807) is 23.5 Å². The second kappa shape index (κ2) is 3.82. The van der Waals surface area contributed by atoms with Crippen LogP contribution in [0.25, 0.3) is 10.3 Å². The fourth-order valence-electron chi connectivity index (χ4n) is 1.24. The van der Waals surface area contributed by atoms with E-state index in [0.29, 0.717) is 11.5 Å². The van der Waals surface area contributed by atoms with Gasteiger partial charge in [-0.15, -0.1) is 11.3 Å². The summed E-state index contributed by atoms with van der Waals surface area (Å²) in [4.78, 5) is 20.4. The molecule has 0 saturated heterocycles. The van der Waals surface area contributed by atoms with Crippen molar-refractivity contribution in [3.05, 3.63) is 17.6 Å². The highest BCUT2D eigenvalue weighted by molar-refractivity contribution is 7.16. The van der Waals surface area contributed by atoms with Gasteiger partial charge in [-0.3, -0.25) is 4.79 Å². The predicted molar refractivity (Wildman–Crippen MR) is 58.3 cm³/mol. The van der Waals surface area contributed by atoms with Gasteiger partial charge in [-0.05, 0) is 12.1 Å². The number of aromatic nitrogens is 2. The van der Waals surface area contributed by atoms with Gasteiger partial charge >= 0.3 is 5.97 Å². The third kappa shape index (κ3) is 2.04. The van der Waals surface area contributed by atoms with E-state index >= 15 is 0 Å². The normalized spacial score (nSPS) is 10.5. The molecule has 5 nitrogen and oxygen atoms in total. The molecule has 1 N–H and O–H groups in total. The van der Waals surface area contributed by atoms with Gasteiger partial charge in [-0.2, -0.15) is 0 Å². The summed E-state index contributed by atoms with van der Waals surface area (Å²) in [6, 6.07) is 3.69. The Morgan fingerprint density at radius 2 is 2.40 bits per heavy atom. The van der Waals surface area contributed by atoms with Gasteiger partial charge in [-0.1, -0.05) is 0 Å². The zero-order valence-corrected chi connectivity index (χ0v) is 8.86. The molecule has 0 atom stereocenters. The van der Waals surface area contributed by atoms with Crippen LogP contribution in [0.4, 0.5) is 5.82 Å². The number of rotatable bonds is 3. The molecule has 0 aliphatic heterocycles. The summed E-state index contributed by atoms with van der Waals surface area (Å²) >= 11 is 1.51. The van der Waals surface area contributed by atoms with Gasteiger partial charge in [0.2, 0.25) is 0 Å². The number of hydrogen-bond donors (Lipinski definition) is 1. The zero-order chi connectivity index (χ0) is 10.8. The highest BCUT2D eigenvalue weighted by Crippen LogP contribution is 2.19. The smallest absolute Gasteiger partial charge is 0.323 e. The molecule has 0 radical (unpaired) electrons. The number of fused-ring (bicyclic) bond motifs is 1. The Morgan fingerprint density at radius 3 is 3.13 bits per heavy atom. The van der Waals surface area contributed by atoms with Gasteiger partial charge < -0.3 is 10.0 Å². The molecule has 0 saturated carbocycles. The Hall–Kier alpha value is -1.69. The molecule has 15 heavy (non-hydrogen) atoms. The summed E-state index contributed by atoms with van der Waals surface area (Å²) in [5.74, 6) is -0.256. The average molecular weight is 223 g/mol. The standard InChI is InChI=1S/C9H9N3O2S/c1-12(4-8(13)14)7-3-2-6-9(11-7)10-5-15-6/h2-3,5H,4H2,1H3,(H,13,14). The number of thiazole rings is 1. The molecule has 0 spiro atoms. The first-order valence-electron chi connectivity index (χ1n) is 4.30. The SMILES string of the molecule is CN(CC(=O)O)c1ccc2scnc2n1. The van der Waals surface area contributed by atoms with Crippen molar-refractivity contribution >= 4 is 33.5 Å². The molecule has 0 aliphatic carbocycles. The highest BCUT2D eigenvalue weighted by atomic mass is 32.1. The van der Waals surface area contributed by atoms with Gasteiger partial charge in [0, 0.05) is 7.05 Å². The lowest BCUT2D eigenvalue weighted by Gasteiger charge is -2.14. The van der Waals surface area contributed by atoms with E-state index in [9.17, 15) is 4.79 Å². The summed E-state index contributed by atoms with van der Waals surface area (Å²) in [5, 5.41) is 8.64. The number of carboxylic acids is 1. The van der Waals surface area contributed by atoms with E-state index in [2.05, 4.69) is 9.97 Å². The lowest BCUT2D eigenvalue weighted by atomic mass is 10.4. The van der Waals surface area contributed by atoms with Crippen molar-refractivity contribution in [2.24, 2.45) is 0 Å². The van der Waals surface area contributed by atoms with E-state index < -0.39 is 5.97 Å². The van der Waals surface area contributed by atoms with Crippen LogP contribution in [-0.2, 0) is 4.79 Å². The number of aliphatic carboxylic acids is 1. The Bertz CT molecular complexity index is 497. The Labute approximate surface area is 90.0 Å². The van der Waals surface area contributed by atoms with Crippen LogP contribution in [0.1, 0.15) is 0 Å². The molecule has 6 heteroatoms. The highest BCUT2D eigenvalue weighted by Gasteiger charge is 2.08. The molecule has 0 bridgehead atoms. The lowest BCUT2D eigenvalue weighted by Crippen LogP contribution is -2.25. The largest absolute Gasteiger partial charge is 0.480 e. The molecule has 2 rings (SSSR count). The molecule has 2 aromatic heterocycles. The maximum Gasteiger partial charge on any atom is 0.323 e. The Balaban J connectivity index is 2.30. The number of likely N-dealkylation sites (N-methyl/N-ethyl adjacent to an activating group) is 1. The third-order valence-corrected chi connectivity index (χ3v) is 2.73. The molecule has 0 fully saturated rings. The van der Waals surface area contributed by atoms with Gasteiger partial charge in [0.1, 0.15) is 12.4 Å². The molecule has 78 valence electrons. The number of anilines is 1. The van der Waals surface area contributed by atoms with Gasteiger partial charge in [0.15, 0.2) is 5.65 Å². The van der Waals surface area contributed by atoms with E-state index in [1.807, 2.05) is 6.07 Å². The molecule has 0 aliphatic rings. The quantitative estimate of drug-likeness (QED) is 0.847. The van der Waals surface area contributed by atoms with E-state index in [-0.39, 0.29) is 6.54 Å². The second-order valence-electron chi connectivity index (χ2n) is 3.09. The molecule has 0 amide bonds. The van der Waals surface area contributed by atoms with Crippen molar-refractivity contribution in [2.75, 3.05) is 18.5 Å². The maximum atomic E-state index is 10.5. The predicted octanol–water partition coefficient (Wildman–Crippen LogP) is 1.21. The number of pyridine rings is 1. The fourth-order valence-corrected chi connectivity index (χ4v) is 1.86. The molecule has 0 aromatic carbocycles. The summed E-state index contributed by atoms with van der Waals surface area (Å²) in [6.45, 7) is -0.0668. The lowest BCUT2D eigenvalue weighted by molar-refractivity contribution is -0.135. The summed E-state index contributed by atoms with van der Waals surface area (Å²) in [5.41, 5.74) is 2.38. The molecule has 2 aromatic rings. The van der Waals surface area contributed by atoms with Crippen LogP contribution in [0, 0.1) is 0 Å². The Kier molecular flexibility index (Phi) is 2.51. The number of carbonyl (C=O) groups is 1. The van der Waals surface area contributed by atoms with Crippen molar-refractivity contribution in [1.29, 1.82) is 0 Å². The number of nitrogens with zero attached hydrogens (tertiary/aromatic N) is 3. The van der Waals surface area contributed by atoms with Crippen LogP contribution in [0.5, 0.6) is 0 Å². The third-order valence-electron chi connectivity index (χ3n) is 1.94. The maximum absolute atomic E-state index is 10.5. The van der Waals surface area contributed by atoms with Crippen LogP contribution < -0.4 is 4.90 Å². The van der Waals surface area contributed by atoms with Crippen molar-refractivity contribution < 1.29 is 9.90 Å². The van der Waals surface area contributed by atoms with Crippen LogP contribution in [0.2, 0.25) is 0 Å². The fraction of sp³-hybridized carbons (Fsp3) is 0.222. The molecule has 0 unspecified atom stereocenters. The Morgan fingerprint density at radius 1 is 1.60 bits per heavy atom. The first kappa shape index (κ1) is 9.85. The minimum Gasteiger partial charge on any atom is -0.480 e. The summed E-state index contributed by atoms with van der Waals surface area (Å²) in [7, 11) is 1.69. The monoisotopic (exact) mass is 223 g/mol. The number of hydrogen-bond acceptors (Lipinski definition) is 5. The average Bonchev–Trinajstić information content (AvgIpc) is 2.62. The van der Waals surface area contributed by atoms with Crippen molar-refractivity contribution in [2.45, 2.75) is 0 Å². The molecular formula is C9H9N3O2S. The van der Waals surface area contributed by atoms with E-state index in [1.165, 1.54) is 11.3 Å². The van der Waals surface area contributed by atoms with Crippen LogP contribution in [0.15, 0.2) is 17.6 Å². The van der Waals surface area contributed by atoms with Crippen LogP contribution >= 0.6 is 11.3 Å². The first-order chi connectivity index (χ1) is 7.16. The van der Waals surface area contributed by atoms with E-state index in [0.717, 1.165) is 4.70 Å². The first-order valence-corrected chi connectivity index (χ1v) is 5.18. The summed E-state index contributed by atoms with van der Waals surface area (Å²) in [6.07, 6.45) is 0. The molecule has 2 heterocycles. The second-order valence-corrected chi connectivity index (χ2v) is 3.98. The number of carboxylic acid groups (broad SMARTS) is 1. The minimum absolute atomic E-state index is 0.0668. The van der Waals surface area contributed by atoms with Crippen LogP contribution in [0.3, 0.4) is 0 Å². The molecular weight excluding hydrogens is 214 g/mol. The van der Waals surface area contributed by atoms with Gasteiger partial charge in [0.05, 0.1) is 10.2 Å². The van der Waals surface area contributed by atoms with Crippen LogP contribution in [-0.4, -0.2) is 34.6 Å². The van der Waals surface area contributed by atoms with Crippen molar-refractivity contribution in [3.63, 3.8) is 0 Å². The van der Waals surface area contributed by atoms with Gasteiger partial charge in [-0.25, -0.2) is 9.97 Å².